The number of benzene rings is 1. The zero-order chi connectivity index (χ0) is 17.8. The van der Waals surface area contributed by atoms with Crippen molar-refractivity contribution in [2.75, 3.05) is 32.1 Å². The smallest absolute Gasteiger partial charge is 0.223 e. The lowest BCUT2D eigenvalue weighted by Gasteiger charge is -2.21. The fourth-order valence-corrected chi connectivity index (χ4v) is 3.88. The number of ether oxygens (including phenoxy) is 1. The number of pyridine rings is 1. The molecule has 0 unspecified atom stereocenters. The summed E-state index contributed by atoms with van der Waals surface area (Å²) in [4.78, 5) is 18.7. The molecule has 1 N–H and O–H groups in total. The van der Waals surface area contributed by atoms with Crippen molar-refractivity contribution in [1.29, 1.82) is 0 Å². The van der Waals surface area contributed by atoms with Crippen LogP contribution in [-0.4, -0.2) is 59.1 Å². The third-order valence-electron chi connectivity index (χ3n) is 4.31. The number of aromatic nitrogens is 1. The number of carbonyl (C=O) groups excluding carboxylic acids is 1. The van der Waals surface area contributed by atoms with Crippen LogP contribution >= 0.6 is 11.8 Å². The fraction of sp³-hybridized carbons (Fsp3) is 0.474. The molecule has 5 nitrogen and oxygen atoms in total. The highest BCUT2D eigenvalue weighted by Gasteiger charge is 2.20. The molecule has 6 heteroatoms. The van der Waals surface area contributed by atoms with E-state index in [2.05, 4.69) is 32.0 Å². The van der Waals surface area contributed by atoms with Gasteiger partial charge in [-0.05, 0) is 37.6 Å². The van der Waals surface area contributed by atoms with Crippen molar-refractivity contribution in [3.63, 3.8) is 0 Å². The standard InChI is InChI=1S/C19H24N2O3S/c1-13-3-4-17-16(9-13)14(2)10-18(20-17)25-8-5-19(23)21-6-7-24-12-15(22)11-21/h3-4,9-10,15,22H,5-8,11-12H2,1-2H3/t15-/m0/s1. The van der Waals surface area contributed by atoms with Crippen LogP contribution in [0.2, 0.25) is 0 Å². The molecule has 2 heterocycles. The predicted octanol–water partition coefficient (Wildman–Crippen LogP) is 2.55. The van der Waals surface area contributed by atoms with E-state index >= 15 is 0 Å². The highest BCUT2D eigenvalue weighted by molar-refractivity contribution is 7.99. The Hall–Kier alpha value is -1.63. The van der Waals surface area contributed by atoms with Crippen LogP contribution in [0.5, 0.6) is 0 Å². The van der Waals surface area contributed by atoms with Gasteiger partial charge >= 0.3 is 0 Å². The number of aliphatic hydroxyl groups is 1. The molecule has 3 rings (SSSR count). The Balaban J connectivity index is 1.59. The highest BCUT2D eigenvalue weighted by Crippen LogP contribution is 2.25. The number of aryl methyl sites for hydroxylation is 2. The lowest BCUT2D eigenvalue weighted by atomic mass is 10.1. The van der Waals surface area contributed by atoms with Crippen molar-refractivity contribution in [2.24, 2.45) is 0 Å². The maximum Gasteiger partial charge on any atom is 0.223 e. The van der Waals surface area contributed by atoms with E-state index in [1.165, 1.54) is 16.5 Å². The number of carbonyl (C=O) groups is 1. The molecule has 2 aromatic rings. The van der Waals surface area contributed by atoms with Gasteiger partial charge < -0.3 is 14.7 Å². The van der Waals surface area contributed by atoms with E-state index in [0.29, 0.717) is 38.5 Å². The molecule has 1 aliphatic heterocycles. The zero-order valence-corrected chi connectivity index (χ0v) is 15.5. The summed E-state index contributed by atoms with van der Waals surface area (Å²) in [6, 6.07) is 8.35. The van der Waals surface area contributed by atoms with Gasteiger partial charge in [0.1, 0.15) is 0 Å². The van der Waals surface area contributed by atoms with Crippen molar-refractivity contribution >= 4 is 28.6 Å². The number of hydrogen-bond donors (Lipinski definition) is 1. The van der Waals surface area contributed by atoms with Gasteiger partial charge in [-0.15, -0.1) is 11.8 Å². The minimum Gasteiger partial charge on any atom is -0.389 e. The van der Waals surface area contributed by atoms with Crippen molar-refractivity contribution < 1.29 is 14.6 Å². The predicted molar refractivity (Wildman–Crippen MR) is 100.0 cm³/mol. The maximum absolute atomic E-state index is 12.3. The van der Waals surface area contributed by atoms with E-state index in [1.807, 2.05) is 6.07 Å². The van der Waals surface area contributed by atoms with Crippen LogP contribution in [0.15, 0.2) is 29.3 Å². The van der Waals surface area contributed by atoms with Crippen LogP contribution in [0.25, 0.3) is 10.9 Å². The molecular weight excluding hydrogens is 336 g/mol. The Bertz CT molecular complexity index is 766. The van der Waals surface area contributed by atoms with Crippen LogP contribution in [0.1, 0.15) is 17.5 Å². The largest absolute Gasteiger partial charge is 0.389 e. The van der Waals surface area contributed by atoms with Gasteiger partial charge in [-0.25, -0.2) is 4.98 Å². The van der Waals surface area contributed by atoms with E-state index in [4.69, 9.17) is 9.72 Å². The number of β-amino-alcohol motifs (C(OH)–C–C–N with tert-alkyl or cyclic N) is 1. The Morgan fingerprint density at radius 2 is 2.24 bits per heavy atom. The molecule has 1 amide bonds. The van der Waals surface area contributed by atoms with E-state index in [9.17, 15) is 9.90 Å². The van der Waals surface area contributed by atoms with Gasteiger partial charge in [0.05, 0.1) is 29.9 Å². The van der Waals surface area contributed by atoms with E-state index < -0.39 is 6.10 Å². The number of fused-ring (bicyclic) bond motifs is 1. The van der Waals surface area contributed by atoms with Gasteiger partial charge in [-0.1, -0.05) is 11.6 Å². The summed E-state index contributed by atoms with van der Waals surface area (Å²) in [5.74, 6) is 0.737. The zero-order valence-electron chi connectivity index (χ0n) is 14.7. The van der Waals surface area contributed by atoms with Crippen molar-refractivity contribution in [2.45, 2.75) is 31.4 Å². The van der Waals surface area contributed by atoms with Crippen molar-refractivity contribution in [3.8, 4) is 0 Å². The normalized spacial score (nSPS) is 18.4. The second kappa shape index (κ2) is 8.17. The first-order valence-electron chi connectivity index (χ1n) is 8.57. The molecule has 25 heavy (non-hydrogen) atoms. The number of thioether (sulfide) groups is 1. The fourth-order valence-electron chi connectivity index (χ4n) is 2.97. The third-order valence-corrected chi connectivity index (χ3v) is 5.23. The minimum atomic E-state index is -0.590. The first-order chi connectivity index (χ1) is 12.0. The van der Waals surface area contributed by atoms with Crippen LogP contribution in [0.3, 0.4) is 0 Å². The molecular formula is C19H24N2O3S. The topological polar surface area (TPSA) is 62.7 Å². The Morgan fingerprint density at radius 1 is 1.40 bits per heavy atom. The highest BCUT2D eigenvalue weighted by atomic mass is 32.2. The van der Waals surface area contributed by atoms with Crippen molar-refractivity contribution in [3.05, 3.63) is 35.4 Å². The molecule has 134 valence electrons. The number of hydrogen-bond acceptors (Lipinski definition) is 5. The average Bonchev–Trinajstić information content (AvgIpc) is 2.80. The number of nitrogens with zero attached hydrogens (tertiary/aromatic N) is 2. The van der Waals surface area contributed by atoms with Crippen LogP contribution in [-0.2, 0) is 9.53 Å². The molecule has 1 fully saturated rings. The second-order valence-electron chi connectivity index (χ2n) is 6.46. The van der Waals surface area contributed by atoms with Crippen molar-refractivity contribution in [1.82, 2.24) is 9.88 Å². The summed E-state index contributed by atoms with van der Waals surface area (Å²) in [6.07, 6.45) is -0.156. The third kappa shape index (κ3) is 4.71. The van der Waals surface area contributed by atoms with Gasteiger partial charge in [0, 0.05) is 30.6 Å². The quantitative estimate of drug-likeness (QED) is 0.849. The minimum absolute atomic E-state index is 0.0604. The van der Waals surface area contributed by atoms with Gasteiger partial charge in [0.25, 0.3) is 0 Å². The number of rotatable bonds is 4. The Labute approximate surface area is 152 Å². The SMILES string of the molecule is Cc1ccc2nc(SCCC(=O)N3CCOC[C@@H](O)C3)cc(C)c2c1. The first kappa shape index (κ1) is 18.2. The molecule has 1 saturated heterocycles. The molecule has 0 bridgehead atoms. The molecule has 1 aliphatic rings. The van der Waals surface area contributed by atoms with E-state index in [-0.39, 0.29) is 5.91 Å². The summed E-state index contributed by atoms with van der Waals surface area (Å²) in [6.45, 7) is 5.87. The summed E-state index contributed by atoms with van der Waals surface area (Å²) >= 11 is 1.60. The number of aliphatic hydroxyl groups excluding tert-OH is 1. The van der Waals surface area contributed by atoms with Gasteiger partial charge in [0.15, 0.2) is 0 Å². The second-order valence-corrected chi connectivity index (χ2v) is 7.58. The average molecular weight is 360 g/mol. The van der Waals surface area contributed by atoms with Gasteiger partial charge in [-0.3, -0.25) is 4.79 Å². The maximum atomic E-state index is 12.3. The lowest BCUT2D eigenvalue weighted by molar-refractivity contribution is -0.131. The molecule has 1 atom stereocenters. The summed E-state index contributed by atoms with van der Waals surface area (Å²) in [7, 11) is 0. The summed E-state index contributed by atoms with van der Waals surface area (Å²) < 4.78 is 5.26. The summed E-state index contributed by atoms with van der Waals surface area (Å²) in [5.41, 5.74) is 3.43. The molecule has 0 radical (unpaired) electrons. The monoisotopic (exact) mass is 360 g/mol. The lowest BCUT2D eigenvalue weighted by Crippen LogP contribution is -2.37. The van der Waals surface area contributed by atoms with E-state index in [0.717, 1.165) is 10.5 Å². The molecule has 1 aromatic carbocycles. The van der Waals surface area contributed by atoms with Crippen LogP contribution in [0, 0.1) is 13.8 Å². The van der Waals surface area contributed by atoms with Crippen LogP contribution in [0.4, 0.5) is 0 Å². The van der Waals surface area contributed by atoms with Gasteiger partial charge in [0.2, 0.25) is 5.91 Å². The number of amides is 1. The molecule has 0 aliphatic carbocycles. The molecule has 1 aromatic heterocycles. The molecule has 0 spiro atoms. The molecule has 0 saturated carbocycles. The van der Waals surface area contributed by atoms with Gasteiger partial charge in [-0.2, -0.15) is 0 Å². The first-order valence-corrected chi connectivity index (χ1v) is 9.56. The van der Waals surface area contributed by atoms with E-state index in [1.54, 1.807) is 16.7 Å². The Kier molecular flexibility index (Phi) is 5.93. The Morgan fingerprint density at radius 3 is 3.08 bits per heavy atom. The van der Waals surface area contributed by atoms with Crippen LogP contribution < -0.4 is 0 Å². The summed E-state index contributed by atoms with van der Waals surface area (Å²) in [5, 5.41) is 11.9.